The van der Waals surface area contributed by atoms with Crippen molar-refractivity contribution in [2.45, 2.75) is 161 Å². The Morgan fingerprint density at radius 3 is 1.27 bits per heavy atom. The number of ether oxygens (including phenoxy) is 6. The molecule has 8 aliphatic heterocycles. The van der Waals surface area contributed by atoms with Gasteiger partial charge in [0, 0.05) is 139 Å². The van der Waals surface area contributed by atoms with Crippen molar-refractivity contribution in [3.05, 3.63) is 175 Å². The van der Waals surface area contributed by atoms with Crippen molar-refractivity contribution in [2.75, 3.05) is 52.5 Å². The number of likely N-dealkylation sites (N-methyl/N-ethyl adjacent to an activating group) is 2. The van der Waals surface area contributed by atoms with Crippen LogP contribution in [0.4, 0.5) is 0 Å². The van der Waals surface area contributed by atoms with Crippen molar-refractivity contribution in [3.8, 4) is 58.1 Å². The molecular weight excluding hydrogens is 1530 g/mol. The molecule has 523 valence electrons. The van der Waals surface area contributed by atoms with Gasteiger partial charge in [0.2, 0.25) is 25.4 Å². The minimum Gasteiger partial charge on any atom is -0.507 e. The van der Waals surface area contributed by atoms with Gasteiger partial charge >= 0.3 is 11.9 Å². The molecule has 2 fully saturated rings. The van der Waals surface area contributed by atoms with Gasteiger partial charge in [-0.3, -0.25) is 38.8 Å². The number of carbonyl (C=O) groups excluding carboxylic acids is 4. The average molecular weight is 1610 g/mol. The molecule has 2 saturated heterocycles. The third-order valence-corrected chi connectivity index (χ3v) is 21.9. The van der Waals surface area contributed by atoms with E-state index in [9.17, 15) is 39.9 Å². The number of nitrogens with zero attached hydrogens (tertiary/aromatic N) is 6. The van der Waals surface area contributed by atoms with Crippen molar-refractivity contribution in [1.29, 1.82) is 10.5 Å². The van der Waals surface area contributed by atoms with E-state index in [-0.39, 0.29) is 149 Å². The number of hydrogen-bond acceptors (Lipinski definition) is 18. The normalized spacial score (nSPS) is 22.9. The van der Waals surface area contributed by atoms with Crippen LogP contribution in [0.1, 0.15) is 133 Å². The fourth-order valence-corrected chi connectivity index (χ4v) is 16.9. The van der Waals surface area contributed by atoms with Gasteiger partial charge < -0.3 is 49.3 Å². The summed E-state index contributed by atoms with van der Waals surface area (Å²) in [6.07, 6.45) is 3.74. The van der Waals surface area contributed by atoms with Crippen LogP contribution in [0.5, 0.6) is 46.0 Å². The number of aryl methyl sites for hydroxylation is 4. The first-order valence-electron chi connectivity index (χ1n) is 33.2. The molecule has 0 spiro atoms. The van der Waals surface area contributed by atoms with Gasteiger partial charge in [-0.2, -0.15) is 10.5 Å². The summed E-state index contributed by atoms with van der Waals surface area (Å²) in [4.78, 5) is 61.0. The van der Waals surface area contributed by atoms with E-state index in [0.29, 0.717) is 97.0 Å². The molecule has 6 aromatic rings. The predicted octanol–water partition coefficient (Wildman–Crippen LogP) is 10.9. The maximum atomic E-state index is 13.4. The maximum Gasteiger partial charge on any atom is 0.326 e. The summed E-state index contributed by atoms with van der Waals surface area (Å²) in [6.45, 7) is 17.8. The number of amides is 2. The Bertz CT molecular complexity index is 3980. The van der Waals surface area contributed by atoms with E-state index in [0.717, 1.165) is 77.9 Å². The van der Waals surface area contributed by atoms with Gasteiger partial charge in [-0.25, -0.2) is 0 Å². The molecule has 4 N–H and O–H groups in total. The summed E-state index contributed by atoms with van der Waals surface area (Å²) in [7, 11) is 4.04. The summed E-state index contributed by atoms with van der Waals surface area (Å²) >= 11 is 11.8. The molecule has 0 saturated carbocycles. The summed E-state index contributed by atoms with van der Waals surface area (Å²) in [5, 5.41) is 51.3. The van der Waals surface area contributed by atoms with Crippen molar-refractivity contribution >= 4 is 47.0 Å². The molecule has 6 aromatic carbocycles. The van der Waals surface area contributed by atoms with E-state index in [4.69, 9.17) is 51.6 Å². The molecule has 2 unspecified atom stereocenters. The minimum absolute atomic E-state index is 0. The zero-order chi connectivity index (χ0) is 69.7. The number of piperazine rings is 2. The molecule has 2 amide bonds. The number of aromatic hydroxyl groups is 2. The minimum atomic E-state index is -0.600. The number of alkyl halides is 2. The van der Waals surface area contributed by atoms with Crippen molar-refractivity contribution in [3.63, 3.8) is 0 Å². The van der Waals surface area contributed by atoms with Crippen LogP contribution in [0.15, 0.2) is 86.0 Å². The zero-order valence-corrected chi connectivity index (χ0v) is 63.3. The monoisotopic (exact) mass is 1610 g/mol. The number of rotatable bonds is 14. The van der Waals surface area contributed by atoms with Gasteiger partial charge in [-0.1, -0.05) is 80.2 Å². The summed E-state index contributed by atoms with van der Waals surface area (Å²) in [5.74, 6) is 1.17. The smallest absolute Gasteiger partial charge is 0.326 e. The molecule has 10 atom stereocenters. The average Bonchev–Trinajstić information content (AvgIpc) is 0.832. The molecule has 100 heavy (non-hydrogen) atoms. The molecule has 8 heterocycles. The third kappa shape index (κ3) is 13.4. The fraction of sp³-hybridized carbons (Fsp3) is 0.429. The largest absolute Gasteiger partial charge is 0.507 e. The Morgan fingerprint density at radius 1 is 0.560 bits per heavy atom. The van der Waals surface area contributed by atoms with E-state index >= 15 is 0 Å². The third-order valence-electron chi connectivity index (χ3n) is 21.5. The van der Waals surface area contributed by atoms with Gasteiger partial charge in [-0.15, -0.1) is 36.4 Å². The van der Waals surface area contributed by atoms with Crippen LogP contribution in [-0.2, 0) is 57.7 Å². The Balaban J connectivity index is 0.000000207. The van der Waals surface area contributed by atoms with Gasteiger partial charge in [-0.05, 0) is 139 Å². The number of nitriles is 2. The molecular formula is C77H86AcCl2N8O12. The predicted molar refractivity (Wildman–Crippen MR) is 375 cm³/mol. The standard InChI is InChI=1S/2C37H39ClN4O6.C2H4.CH4.Ac/c2*1-19-12-23-13-25-27(16-39)42-26(33(41(25)4)31(23)34(45)20(19)2)14-24-32(28(42)17-40-29(43)11-10-22-8-6-5-7-9-22)37-36(46-18-47-37)21(3)35(24)48-30(44)15-38;1-2;;/h2*5-9,12,25-28,33,45H,10-11,13-15,17-18H2,1-4H3,(H,40,43);1-2H2;1H4;/t2*25-,26?,27-,28-,33-;;;/m00.../s1. The number of halogens is 2. The summed E-state index contributed by atoms with van der Waals surface area (Å²) in [6, 6.07) is 25.5. The molecule has 0 aliphatic carbocycles. The summed E-state index contributed by atoms with van der Waals surface area (Å²) in [5.41, 5.74) is 13.8. The van der Waals surface area contributed by atoms with Crippen LogP contribution < -0.4 is 39.1 Å². The SMILES string of the molecule is C.C=C.Cc1cc2c(c(O)c1C)[C@@H]1C3Cc4c(OC(=O)CCl)c(C)c5c(c4[C@H](CNC(=O)CCc4ccccc4)N3[C@@H](C#N)[C@H](C2)N1C)OCO5.Cc1cc2c(c(O)c1C)[C@@H]1C3Cc4c(OC(=O)CCl)c(C)c5c(c4[C@H](CNC(=O)CCc4ccccc4)N3[C@@H](C#N)[C@H](C2)N1C)OCO5.[Ac]. The molecule has 0 aromatic heterocycles. The molecule has 20 nitrogen and oxygen atoms in total. The van der Waals surface area contributed by atoms with Crippen LogP contribution >= 0.6 is 23.2 Å². The molecule has 14 rings (SSSR count). The zero-order valence-electron chi connectivity index (χ0n) is 57.0. The van der Waals surface area contributed by atoms with E-state index in [1.807, 2.05) is 116 Å². The van der Waals surface area contributed by atoms with E-state index in [1.165, 1.54) is 0 Å². The van der Waals surface area contributed by atoms with Crippen molar-refractivity contribution < 1.29 is 102 Å². The van der Waals surface area contributed by atoms with Crippen molar-refractivity contribution in [2.24, 2.45) is 0 Å². The number of phenols is 2. The number of fused-ring (bicyclic) bond motifs is 18. The second-order valence-corrected chi connectivity index (χ2v) is 27.0. The first kappa shape index (κ1) is 75.3. The van der Waals surface area contributed by atoms with Crippen molar-refractivity contribution in [1.82, 2.24) is 30.2 Å². The van der Waals surface area contributed by atoms with Crippen LogP contribution in [0.25, 0.3) is 0 Å². The first-order valence-corrected chi connectivity index (χ1v) is 34.3. The van der Waals surface area contributed by atoms with Crippen LogP contribution in [0.3, 0.4) is 0 Å². The van der Waals surface area contributed by atoms with Crippen LogP contribution in [-0.4, -0.2) is 142 Å². The van der Waals surface area contributed by atoms with Crippen LogP contribution in [0.2, 0.25) is 0 Å². The number of nitrogens with one attached hydrogen (secondary N) is 2. The number of hydrogen-bond donors (Lipinski definition) is 4. The summed E-state index contributed by atoms with van der Waals surface area (Å²) < 4.78 is 35.9. The number of benzene rings is 6. The Hall–Kier alpha value is -7.42. The molecule has 1 radical (unpaired) electrons. The van der Waals surface area contributed by atoms with E-state index in [1.54, 1.807) is 0 Å². The Kier molecular flexibility index (Phi) is 23.7. The van der Waals surface area contributed by atoms with Crippen LogP contribution in [0, 0.1) is 108 Å². The fourth-order valence-electron chi connectivity index (χ4n) is 16.7. The second kappa shape index (κ2) is 31.4. The Morgan fingerprint density at radius 2 is 0.920 bits per heavy atom. The first-order chi connectivity index (χ1) is 47.3. The van der Waals surface area contributed by atoms with Gasteiger partial charge in [0.05, 0.1) is 36.3 Å². The number of phenolic OH excluding ortho intramolecular Hbond substituents is 2. The molecule has 23 heteroatoms. The van der Waals surface area contributed by atoms with E-state index < -0.39 is 36.1 Å². The van der Waals surface area contributed by atoms with Gasteiger partial charge in [0.25, 0.3) is 0 Å². The Labute approximate surface area is 630 Å². The molecule has 8 aliphatic rings. The van der Waals surface area contributed by atoms with Gasteiger partial charge in [0.1, 0.15) is 46.8 Å². The number of carbonyl (C=O) groups is 4. The second-order valence-electron chi connectivity index (χ2n) is 26.5. The van der Waals surface area contributed by atoms with E-state index in [2.05, 4.69) is 67.7 Å². The molecule has 4 bridgehead atoms. The quantitative estimate of drug-likeness (QED) is 0.0342. The van der Waals surface area contributed by atoms with Gasteiger partial charge in [0.15, 0.2) is 23.0 Å². The topological polar surface area (TPSA) is 249 Å². The maximum absolute atomic E-state index is 13.4. The number of esters is 2.